The number of hydrogen-bond donors (Lipinski definition) is 2. The Kier molecular flexibility index (Phi) is 7.07. The minimum atomic E-state index is 0.615. The van der Waals surface area contributed by atoms with Crippen molar-refractivity contribution in [1.29, 1.82) is 0 Å². The molecule has 0 aliphatic carbocycles. The first-order valence-corrected chi connectivity index (χ1v) is 10.4. The number of nitrogens with one attached hydrogen (secondary N) is 2. The van der Waals surface area contributed by atoms with Gasteiger partial charge in [-0.05, 0) is 54.8 Å². The number of hydrogen-bond acceptors (Lipinski definition) is 3. The molecule has 0 unspecified atom stereocenters. The molecule has 0 atom stereocenters. The van der Waals surface area contributed by atoms with Crippen LogP contribution in [-0.4, -0.2) is 41.3 Å². The summed E-state index contributed by atoms with van der Waals surface area (Å²) in [6.07, 6.45) is 11.6. The van der Waals surface area contributed by atoms with Crippen molar-refractivity contribution in [3.05, 3.63) is 53.5 Å². The van der Waals surface area contributed by atoms with Crippen molar-refractivity contribution < 1.29 is 4.74 Å². The molecule has 29 heavy (non-hydrogen) atoms. The predicted octanol–water partition coefficient (Wildman–Crippen LogP) is 4.94. The molecule has 5 heteroatoms. The van der Waals surface area contributed by atoms with E-state index in [1.54, 1.807) is 7.11 Å². The van der Waals surface area contributed by atoms with Gasteiger partial charge in [0.2, 0.25) is 0 Å². The minimum Gasteiger partial charge on any atom is -0.381 e. The SMILES string of the molecule is CC.COC/C=C\c1c(C)c(-c2cc3c(C4=CCNCC4)ccnc3[nH]2)cn1C. The van der Waals surface area contributed by atoms with Crippen LogP contribution in [0.2, 0.25) is 0 Å². The number of pyridine rings is 1. The van der Waals surface area contributed by atoms with Crippen LogP contribution in [0, 0.1) is 6.92 Å². The molecule has 0 bridgehead atoms. The van der Waals surface area contributed by atoms with Crippen LogP contribution < -0.4 is 5.32 Å². The Hall–Kier alpha value is -2.63. The highest BCUT2D eigenvalue weighted by molar-refractivity contribution is 5.94. The fourth-order valence-electron chi connectivity index (χ4n) is 3.85. The number of nitrogens with zero attached hydrogens (tertiary/aromatic N) is 2. The van der Waals surface area contributed by atoms with Crippen molar-refractivity contribution in [3.63, 3.8) is 0 Å². The minimum absolute atomic E-state index is 0.615. The van der Waals surface area contributed by atoms with Gasteiger partial charge < -0.3 is 19.6 Å². The number of aromatic amines is 1. The van der Waals surface area contributed by atoms with E-state index in [-0.39, 0.29) is 0 Å². The molecule has 3 aromatic heterocycles. The van der Waals surface area contributed by atoms with E-state index in [1.165, 1.54) is 33.3 Å². The molecule has 0 saturated heterocycles. The number of rotatable bonds is 5. The van der Waals surface area contributed by atoms with Gasteiger partial charge in [-0.15, -0.1) is 0 Å². The van der Waals surface area contributed by atoms with Crippen LogP contribution in [0.3, 0.4) is 0 Å². The van der Waals surface area contributed by atoms with Gasteiger partial charge in [-0.2, -0.15) is 0 Å². The van der Waals surface area contributed by atoms with Crippen LogP contribution in [-0.2, 0) is 11.8 Å². The van der Waals surface area contributed by atoms with E-state index in [0.29, 0.717) is 6.61 Å². The average molecular weight is 393 g/mol. The van der Waals surface area contributed by atoms with Crippen LogP contribution in [0.25, 0.3) is 33.9 Å². The molecule has 154 valence electrons. The summed E-state index contributed by atoms with van der Waals surface area (Å²) in [7, 11) is 3.79. The monoisotopic (exact) mass is 392 g/mol. The Bertz CT molecular complexity index is 1020. The molecular weight excluding hydrogens is 360 g/mol. The zero-order valence-electron chi connectivity index (χ0n) is 18.2. The summed E-state index contributed by atoms with van der Waals surface area (Å²) in [5.74, 6) is 0. The molecule has 0 aromatic carbocycles. The van der Waals surface area contributed by atoms with E-state index < -0.39 is 0 Å². The van der Waals surface area contributed by atoms with E-state index in [0.717, 1.165) is 30.9 Å². The van der Waals surface area contributed by atoms with Gasteiger partial charge in [-0.3, -0.25) is 0 Å². The number of fused-ring (bicyclic) bond motifs is 1. The van der Waals surface area contributed by atoms with Crippen molar-refractivity contribution in [2.45, 2.75) is 27.2 Å². The van der Waals surface area contributed by atoms with E-state index in [9.17, 15) is 0 Å². The molecule has 0 amide bonds. The third-order valence-corrected chi connectivity index (χ3v) is 5.26. The lowest BCUT2D eigenvalue weighted by atomic mass is 9.98. The highest BCUT2D eigenvalue weighted by atomic mass is 16.5. The summed E-state index contributed by atoms with van der Waals surface area (Å²) < 4.78 is 7.28. The maximum atomic E-state index is 5.13. The molecule has 1 aliphatic rings. The van der Waals surface area contributed by atoms with Gasteiger partial charge in [0.1, 0.15) is 5.65 Å². The highest BCUT2D eigenvalue weighted by Gasteiger charge is 2.16. The highest BCUT2D eigenvalue weighted by Crippen LogP contribution is 2.33. The Morgan fingerprint density at radius 2 is 2.10 bits per heavy atom. The number of aromatic nitrogens is 3. The van der Waals surface area contributed by atoms with E-state index in [1.807, 2.05) is 26.1 Å². The second-order valence-electron chi connectivity index (χ2n) is 7.01. The lowest BCUT2D eigenvalue weighted by Crippen LogP contribution is -2.20. The van der Waals surface area contributed by atoms with Crippen LogP contribution >= 0.6 is 0 Å². The number of aryl methyl sites for hydroxylation is 1. The largest absolute Gasteiger partial charge is 0.381 e. The molecule has 4 rings (SSSR count). The second-order valence-corrected chi connectivity index (χ2v) is 7.01. The molecule has 0 fully saturated rings. The zero-order valence-corrected chi connectivity index (χ0v) is 18.2. The lowest BCUT2D eigenvalue weighted by Gasteiger charge is -2.14. The summed E-state index contributed by atoms with van der Waals surface area (Å²) in [5, 5.41) is 4.58. The van der Waals surface area contributed by atoms with Crippen molar-refractivity contribution >= 4 is 22.7 Å². The first kappa shape index (κ1) is 21.1. The van der Waals surface area contributed by atoms with Crippen LogP contribution in [0.15, 0.2) is 36.7 Å². The second kappa shape index (κ2) is 9.72. The summed E-state index contributed by atoms with van der Waals surface area (Å²) in [6, 6.07) is 4.37. The third kappa shape index (κ3) is 4.36. The summed E-state index contributed by atoms with van der Waals surface area (Å²) >= 11 is 0. The van der Waals surface area contributed by atoms with Gasteiger partial charge in [-0.1, -0.05) is 26.0 Å². The van der Waals surface area contributed by atoms with Crippen molar-refractivity contribution in [1.82, 2.24) is 19.9 Å². The Morgan fingerprint density at radius 1 is 1.28 bits per heavy atom. The molecular formula is C24H32N4O. The predicted molar refractivity (Wildman–Crippen MR) is 123 cm³/mol. The maximum Gasteiger partial charge on any atom is 0.138 e. The van der Waals surface area contributed by atoms with Crippen LogP contribution in [0.5, 0.6) is 0 Å². The molecule has 0 saturated carbocycles. The van der Waals surface area contributed by atoms with Crippen molar-refractivity contribution in [3.8, 4) is 11.3 Å². The molecule has 5 nitrogen and oxygen atoms in total. The summed E-state index contributed by atoms with van der Waals surface area (Å²) in [6.45, 7) is 8.74. The lowest BCUT2D eigenvalue weighted by molar-refractivity contribution is 0.234. The van der Waals surface area contributed by atoms with E-state index in [2.05, 4.69) is 64.3 Å². The van der Waals surface area contributed by atoms with Gasteiger partial charge in [0.25, 0.3) is 0 Å². The van der Waals surface area contributed by atoms with Gasteiger partial charge in [0.05, 0.1) is 6.61 Å². The standard InChI is InChI=1S/C22H26N4O.C2H6/c1-15-19(14-26(2)21(15)5-4-12-27-3)20-13-18-17(8-11-24-22(18)25-20)16-6-9-23-10-7-16;1-2/h4-6,8,11,13-14,23H,7,9-10,12H2,1-3H3,(H,24,25);1-2H3/b5-4-;. The average Bonchev–Trinajstić information content (AvgIpc) is 3.31. The fraction of sp³-hybridized carbons (Fsp3) is 0.375. The van der Waals surface area contributed by atoms with Crippen LogP contribution in [0.4, 0.5) is 0 Å². The zero-order chi connectivity index (χ0) is 20.8. The van der Waals surface area contributed by atoms with Gasteiger partial charge in [0.15, 0.2) is 0 Å². The quantitative estimate of drug-likeness (QED) is 0.647. The molecule has 0 spiro atoms. The number of methoxy groups -OCH3 is 1. The Balaban J connectivity index is 0.00000117. The number of ether oxygens (including phenoxy) is 1. The normalized spacial score (nSPS) is 14.2. The molecule has 3 aromatic rings. The topological polar surface area (TPSA) is 54.9 Å². The van der Waals surface area contributed by atoms with Crippen molar-refractivity contribution in [2.75, 3.05) is 26.8 Å². The third-order valence-electron chi connectivity index (χ3n) is 5.26. The first-order chi connectivity index (χ1) is 14.2. The fourth-order valence-corrected chi connectivity index (χ4v) is 3.85. The summed E-state index contributed by atoms with van der Waals surface area (Å²) in [4.78, 5) is 8.09. The first-order valence-electron chi connectivity index (χ1n) is 10.4. The Morgan fingerprint density at radius 3 is 2.83 bits per heavy atom. The molecule has 4 heterocycles. The maximum absolute atomic E-state index is 5.13. The number of H-pyrrole nitrogens is 1. The van der Waals surface area contributed by atoms with Gasteiger partial charge >= 0.3 is 0 Å². The van der Waals surface area contributed by atoms with Crippen LogP contribution in [0.1, 0.15) is 37.1 Å². The van der Waals surface area contributed by atoms with E-state index >= 15 is 0 Å². The smallest absolute Gasteiger partial charge is 0.138 e. The Labute approximate surface area is 173 Å². The van der Waals surface area contributed by atoms with Gasteiger partial charge in [0, 0.05) is 55.4 Å². The summed E-state index contributed by atoms with van der Waals surface area (Å²) in [5.41, 5.74) is 8.39. The molecule has 2 N–H and O–H groups in total. The van der Waals surface area contributed by atoms with E-state index in [4.69, 9.17) is 4.74 Å². The molecule has 1 aliphatic heterocycles. The van der Waals surface area contributed by atoms with Gasteiger partial charge in [-0.25, -0.2) is 4.98 Å². The molecule has 0 radical (unpaired) electrons. The van der Waals surface area contributed by atoms with Crippen molar-refractivity contribution in [2.24, 2.45) is 7.05 Å².